The van der Waals surface area contributed by atoms with Gasteiger partial charge in [0.15, 0.2) is 11.8 Å². The maximum atomic E-state index is 11.0. The monoisotopic (exact) mass is 183 g/mol. The fraction of sp³-hybridized carbons (Fsp3) is 0.500. The summed E-state index contributed by atoms with van der Waals surface area (Å²) < 4.78 is 9.88. The van der Waals surface area contributed by atoms with E-state index in [9.17, 15) is 4.79 Å². The van der Waals surface area contributed by atoms with E-state index in [0.29, 0.717) is 11.5 Å². The average Bonchev–Trinajstić information content (AvgIpc) is 2.34. The number of aromatic nitrogens is 1. The number of aryl methyl sites for hydroxylation is 1. The number of ether oxygens (including phenoxy) is 1. The third kappa shape index (κ3) is 0.968. The van der Waals surface area contributed by atoms with Gasteiger partial charge < -0.3 is 14.3 Å². The lowest BCUT2D eigenvalue weighted by molar-refractivity contribution is -0.163. The van der Waals surface area contributed by atoms with Gasteiger partial charge in [0.1, 0.15) is 11.5 Å². The molecule has 0 unspecified atom stereocenters. The zero-order valence-corrected chi connectivity index (χ0v) is 7.11. The first-order chi connectivity index (χ1) is 6.17. The average molecular weight is 183 g/mol. The molecule has 0 spiro atoms. The van der Waals surface area contributed by atoms with E-state index in [-0.39, 0.29) is 13.2 Å². The number of rotatable bonds is 2. The summed E-state index contributed by atoms with van der Waals surface area (Å²) in [6, 6.07) is 0. The first kappa shape index (κ1) is 8.25. The number of aliphatic carboxylic acids is 1. The van der Waals surface area contributed by atoms with Gasteiger partial charge in [-0.25, -0.2) is 4.98 Å². The van der Waals surface area contributed by atoms with E-state index in [1.54, 1.807) is 6.92 Å². The summed E-state index contributed by atoms with van der Waals surface area (Å²) in [5, 5.41) is 9.02. The number of hydrogen-bond donors (Lipinski definition) is 1. The van der Waals surface area contributed by atoms with E-state index in [2.05, 4.69) is 4.98 Å². The van der Waals surface area contributed by atoms with Crippen molar-refractivity contribution in [3.8, 4) is 0 Å². The van der Waals surface area contributed by atoms with Crippen molar-refractivity contribution in [1.82, 2.24) is 4.98 Å². The number of oxazole rings is 1. The topological polar surface area (TPSA) is 72.6 Å². The van der Waals surface area contributed by atoms with E-state index in [0.717, 1.165) is 0 Å². The Morgan fingerprint density at radius 3 is 2.69 bits per heavy atom. The molecular weight excluding hydrogens is 174 g/mol. The molecule has 0 saturated carbocycles. The van der Waals surface area contributed by atoms with Crippen molar-refractivity contribution >= 4 is 5.97 Å². The minimum absolute atomic E-state index is 0.176. The molecular formula is C8H9NO4. The van der Waals surface area contributed by atoms with Gasteiger partial charge in [-0.3, -0.25) is 4.79 Å². The molecule has 1 N–H and O–H groups in total. The van der Waals surface area contributed by atoms with Crippen LogP contribution in [-0.4, -0.2) is 29.3 Å². The highest BCUT2D eigenvalue weighted by molar-refractivity contribution is 5.82. The second-order valence-corrected chi connectivity index (χ2v) is 3.14. The molecule has 1 aliphatic heterocycles. The van der Waals surface area contributed by atoms with Gasteiger partial charge in [-0.05, 0) is 6.92 Å². The summed E-state index contributed by atoms with van der Waals surface area (Å²) in [5.41, 5.74) is -0.497. The molecule has 0 aromatic carbocycles. The zero-order chi connectivity index (χ0) is 9.47. The largest absolute Gasteiger partial charge is 0.480 e. The van der Waals surface area contributed by atoms with Crippen molar-refractivity contribution in [1.29, 1.82) is 0 Å². The Labute approximate surface area is 74.3 Å². The van der Waals surface area contributed by atoms with Crippen LogP contribution in [0, 0.1) is 6.92 Å². The second kappa shape index (κ2) is 2.56. The zero-order valence-electron chi connectivity index (χ0n) is 7.11. The van der Waals surface area contributed by atoms with Gasteiger partial charge in [-0.15, -0.1) is 0 Å². The van der Waals surface area contributed by atoms with Gasteiger partial charge >= 0.3 is 5.97 Å². The van der Waals surface area contributed by atoms with E-state index >= 15 is 0 Å². The van der Waals surface area contributed by atoms with Crippen LogP contribution in [0.3, 0.4) is 0 Å². The molecule has 70 valence electrons. The van der Waals surface area contributed by atoms with E-state index < -0.39 is 11.4 Å². The van der Waals surface area contributed by atoms with Crippen LogP contribution in [0.15, 0.2) is 10.8 Å². The van der Waals surface area contributed by atoms with Gasteiger partial charge in [0.2, 0.25) is 0 Å². The van der Waals surface area contributed by atoms with Crippen LogP contribution in [0.2, 0.25) is 0 Å². The van der Waals surface area contributed by atoms with Crippen molar-refractivity contribution in [2.75, 3.05) is 13.2 Å². The predicted molar refractivity (Wildman–Crippen MR) is 41.4 cm³/mol. The van der Waals surface area contributed by atoms with Crippen molar-refractivity contribution in [3.63, 3.8) is 0 Å². The van der Waals surface area contributed by atoms with Crippen LogP contribution in [-0.2, 0) is 14.9 Å². The molecule has 5 nitrogen and oxygen atoms in total. The van der Waals surface area contributed by atoms with Crippen LogP contribution < -0.4 is 0 Å². The second-order valence-electron chi connectivity index (χ2n) is 3.14. The molecule has 0 amide bonds. The van der Waals surface area contributed by atoms with Crippen LogP contribution in [0.25, 0.3) is 0 Å². The maximum absolute atomic E-state index is 11.0. The maximum Gasteiger partial charge on any atom is 0.320 e. The normalized spacial score (nSPS) is 19.5. The molecule has 0 bridgehead atoms. The van der Waals surface area contributed by atoms with Crippen LogP contribution >= 0.6 is 0 Å². The first-order valence-electron chi connectivity index (χ1n) is 3.88. The van der Waals surface area contributed by atoms with Crippen LogP contribution in [0.1, 0.15) is 11.5 Å². The Kier molecular flexibility index (Phi) is 1.63. The summed E-state index contributed by atoms with van der Waals surface area (Å²) >= 11 is 0. The third-order valence-corrected chi connectivity index (χ3v) is 2.30. The number of carboxylic acids is 1. The lowest BCUT2D eigenvalue weighted by atomic mass is 9.82. The quantitative estimate of drug-likeness (QED) is 0.715. The molecule has 2 heterocycles. The van der Waals surface area contributed by atoms with E-state index in [4.69, 9.17) is 14.3 Å². The molecule has 13 heavy (non-hydrogen) atoms. The molecule has 1 aromatic heterocycles. The lowest BCUT2D eigenvalue weighted by Gasteiger charge is -2.35. The fourth-order valence-electron chi connectivity index (χ4n) is 1.43. The molecule has 2 rings (SSSR count). The Hall–Kier alpha value is -1.36. The first-order valence-corrected chi connectivity index (χ1v) is 3.88. The molecule has 0 radical (unpaired) electrons. The molecule has 1 aromatic rings. The van der Waals surface area contributed by atoms with Crippen LogP contribution in [0.4, 0.5) is 0 Å². The lowest BCUT2D eigenvalue weighted by Crippen LogP contribution is -2.53. The molecule has 1 aliphatic rings. The molecule has 1 saturated heterocycles. The highest BCUT2D eigenvalue weighted by atomic mass is 16.5. The highest BCUT2D eigenvalue weighted by Crippen LogP contribution is 2.33. The summed E-state index contributed by atoms with van der Waals surface area (Å²) in [5.74, 6) is -0.360. The number of nitrogens with zero attached hydrogens (tertiary/aromatic N) is 1. The van der Waals surface area contributed by atoms with Gasteiger partial charge in [-0.2, -0.15) is 0 Å². The SMILES string of the molecule is Cc1ocnc1C1(C(=O)O)COC1. The number of hydrogen-bond acceptors (Lipinski definition) is 4. The Morgan fingerprint density at radius 1 is 1.69 bits per heavy atom. The van der Waals surface area contributed by atoms with Gasteiger partial charge in [0.05, 0.1) is 13.2 Å². The molecule has 0 aliphatic carbocycles. The Morgan fingerprint density at radius 2 is 2.38 bits per heavy atom. The molecule has 5 heteroatoms. The van der Waals surface area contributed by atoms with Crippen molar-refractivity contribution in [3.05, 3.63) is 17.8 Å². The predicted octanol–water partition coefficient (Wildman–Crippen LogP) is 0.336. The standard InChI is InChI=1S/C8H9NO4/c1-5-6(9-4-13-5)8(7(10)11)2-12-3-8/h4H,2-3H2,1H3,(H,10,11). The van der Waals surface area contributed by atoms with Crippen LogP contribution in [0.5, 0.6) is 0 Å². The molecule has 0 atom stereocenters. The summed E-state index contributed by atoms with van der Waals surface area (Å²) in [4.78, 5) is 14.9. The Balaban J connectivity index is 2.43. The summed E-state index contributed by atoms with van der Waals surface area (Å²) in [6.07, 6.45) is 1.26. The van der Waals surface area contributed by atoms with Gasteiger partial charge in [0, 0.05) is 0 Å². The smallest absolute Gasteiger partial charge is 0.320 e. The van der Waals surface area contributed by atoms with Crippen molar-refractivity contribution in [2.45, 2.75) is 12.3 Å². The fourth-order valence-corrected chi connectivity index (χ4v) is 1.43. The molecule has 1 fully saturated rings. The number of carboxylic acid groups (broad SMARTS) is 1. The minimum Gasteiger partial charge on any atom is -0.480 e. The van der Waals surface area contributed by atoms with Crippen molar-refractivity contribution in [2.24, 2.45) is 0 Å². The summed E-state index contributed by atoms with van der Waals surface area (Å²) in [7, 11) is 0. The van der Waals surface area contributed by atoms with Crippen molar-refractivity contribution < 1.29 is 19.1 Å². The summed E-state index contributed by atoms with van der Waals surface area (Å²) in [6.45, 7) is 2.05. The number of carbonyl (C=O) groups is 1. The minimum atomic E-state index is -0.975. The Bertz CT molecular complexity index is 340. The van der Waals surface area contributed by atoms with E-state index in [1.165, 1.54) is 6.39 Å². The highest BCUT2D eigenvalue weighted by Gasteiger charge is 2.51. The third-order valence-electron chi connectivity index (χ3n) is 2.30. The van der Waals surface area contributed by atoms with E-state index in [1.807, 2.05) is 0 Å². The van der Waals surface area contributed by atoms with Gasteiger partial charge in [-0.1, -0.05) is 0 Å². The van der Waals surface area contributed by atoms with Gasteiger partial charge in [0.25, 0.3) is 0 Å².